The molecule has 0 aliphatic rings. The molecule has 0 bridgehead atoms. The Morgan fingerprint density at radius 2 is 2.12 bits per heavy atom. The van der Waals surface area contributed by atoms with Crippen molar-refractivity contribution in [2.45, 2.75) is 6.54 Å². The topological polar surface area (TPSA) is 70.9 Å². The van der Waals surface area contributed by atoms with Gasteiger partial charge in [-0.3, -0.25) is 14.5 Å². The largest absolute Gasteiger partial charge is 0.480 e. The number of carbonyl (C=O) groups is 1. The van der Waals surface area contributed by atoms with Crippen LogP contribution in [0, 0.1) is 4.77 Å². The van der Waals surface area contributed by atoms with E-state index in [4.69, 9.17) is 17.3 Å². The standard InChI is InChI=1S/C10H9N3O2S/c14-8(15)6-13-9(11-12-10(13)16)7-4-2-1-3-5-7/h1-5H,6H2,(H,12,16)(H,14,15). The van der Waals surface area contributed by atoms with Gasteiger partial charge in [0.25, 0.3) is 0 Å². The molecular weight excluding hydrogens is 226 g/mol. The molecule has 82 valence electrons. The van der Waals surface area contributed by atoms with Crippen LogP contribution in [0.2, 0.25) is 0 Å². The Hall–Kier alpha value is -1.95. The van der Waals surface area contributed by atoms with Gasteiger partial charge < -0.3 is 5.11 Å². The number of carboxylic acid groups (broad SMARTS) is 1. The molecule has 6 heteroatoms. The van der Waals surface area contributed by atoms with Crippen molar-refractivity contribution >= 4 is 18.2 Å². The monoisotopic (exact) mass is 235 g/mol. The molecule has 5 nitrogen and oxygen atoms in total. The van der Waals surface area contributed by atoms with Crippen LogP contribution < -0.4 is 0 Å². The van der Waals surface area contributed by atoms with E-state index in [9.17, 15) is 4.79 Å². The van der Waals surface area contributed by atoms with Crippen LogP contribution in [-0.4, -0.2) is 25.8 Å². The van der Waals surface area contributed by atoms with E-state index in [1.54, 1.807) is 0 Å². The summed E-state index contributed by atoms with van der Waals surface area (Å²) < 4.78 is 1.76. The summed E-state index contributed by atoms with van der Waals surface area (Å²) >= 11 is 4.97. The maximum atomic E-state index is 10.7. The van der Waals surface area contributed by atoms with Gasteiger partial charge in [0.1, 0.15) is 6.54 Å². The normalized spacial score (nSPS) is 10.2. The summed E-state index contributed by atoms with van der Waals surface area (Å²) in [5.41, 5.74) is 0.830. The number of nitrogens with one attached hydrogen (secondary N) is 1. The van der Waals surface area contributed by atoms with E-state index >= 15 is 0 Å². The number of hydrogen-bond donors (Lipinski definition) is 2. The fraction of sp³-hybridized carbons (Fsp3) is 0.100. The lowest BCUT2D eigenvalue weighted by molar-refractivity contribution is -0.137. The van der Waals surface area contributed by atoms with Gasteiger partial charge in [-0.25, -0.2) is 0 Å². The second kappa shape index (κ2) is 4.28. The molecule has 1 heterocycles. The van der Waals surface area contributed by atoms with Crippen LogP contribution in [-0.2, 0) is 11.3 Å². The molecule has 1 aromatic carbocycles. The zero-order chi connectivity index (χ0) is 11.5. The molecule has 0 unspecified atom stereocenters. The summed E-state index contributed by atoms with van der Waals surface area (Å²) in [6, 6.07) is 9.30. The average Bonchev–Trinajstić information content (AvgIpc) is 2.61. The number of aromatic nitrogens is 3. The summed E-state index contributed by atoms with van der Waals surface area (Å²) in [5, 5.41) is 15.4. The molecule has 0 saturated carbocycles. The number of H-pyrrole nitrogens is 1. The molecule has 0 saturated heterocycles. The van der Waals surface area contributed by atoms with Crippen LogP contribution in [0.5, 0.6) is 0 Å². The number of nitrogens with zero attached hydrogens (tertiary/aromatic N) is 2. The minimum atomic E-state index is -0.949. The maximum absolute atomic E-state index is 10.7. The highest BCUT2D eigenvalue weighted by Crippen LogP contribution is 2.16. The van der Waals surface area contributed by atoms with Crippen LogP contribution in [0.25, 0.3) is 11.4 Å². The highest BCUT2D eigenvalue weighted by Gasteiger charge is 2.10. The van der Waals surface area contributed by atoms with Crippen LogP contribution >= 0.6 is 12.2 Å². The SMILES string of the molecule is O=C(O)Cn1c(-c2ccccc2)n[nH]c1=S. The van der Waals surface area contributed by atoms with Gasteiger partial charge in [-0.05, 0) is 12.2 Å². The lowest BCUT2D eigenvalue weighted by Crippen LogP contribution is -2.10. The summed E-state index contributed by atoms with van der Waals surface area (Å²) in [6.07, 6.45) is 0. The summed E-state index contributed by atoms with van der Waals surface area (Å²) in [4.78, 5) is 10.7. The van der Waals surface area contributed by atoms with Crippen LogP contribution in [0.1, 0.15) is 0 Å². The van der Waals surface area contributed by atoms with E-state index in [1.807, 2.05) is 30.3 Å². The zero-order valence-electron chi connectivity index (χ0n) is 8.25. The molecule has 0 spiro atoms. The lowest BCUT2D eigenvalue weighted by Gasteiger charge is -2.02. The predicted octanol–water partition coefficient (Wildman–Crippen LogP) is 1.69. The third-order valence-corrected chi connectivity index (χ3v) is 2.40. The summed E-state index contributed by atoms with van der Waals surface area (Å²) in [7, 11) is 0. The Labute approximate surface area is 96.4 Å². The lowest BCUT2D eigenvalue weighted by atomic mass is 10.2. The van der Waals surface area contributed by atoms with Crippen molar-refractivity contribution < 1.29 is 9.90 Å². The molecule has 0 aliphatic carbocycles. The molecule has 0 atom stereocenters. The van der Waals surface area contributed by atoms with Gasteiger partial charge in [0.05, 0.1) is 0 Å². The smallest absolute Gasteiger partial charge is 0.323 e. The Morgan fingerprint density at radius 3 is 2.75 bits per heavy atom. The molecule has 0 fully saturated rings. The Kier molecular flexibility index (Phi) is 2.82. The van der Waals surface area contributed by atoms with Gasteiger partial charge in [-0.1, -0.05) is 30.3 Å². The van der Waals surface area contributed by atoms with Gasteiger partial charge >= 0.3 is 5.97 Å². The fourth-order valence-electron chi connectivity index (χ4n) is 1.41. The van der Waals surface area contributed by atoms with E-state index in [2.05, 4.69) is 10.2 Å². The zero-order valence-corrected chi connectivity index (χ0v) is 9.07. The van der Waals surface area contributed by atoms with Crippen LogP contribution in [0.4, 0.5) is 0 Å². The Balaban J connectivity index is 2.50. The van der Waals surface area contributed by atoms with E-state index in [0.29, 0.717) is 10.6 Å². The third-order valence-electron chi connectivity index (χ3n) is 2.08. The van der Waals surface area contributed by atoms with E-state index < -0.39 is 5.97 Å². The van der Waals surface area contributed by atoms with Crippen molar-refractivity contribution in [1.82, 2.24) is 14.8 Å². The van der Waals surface area contributed by atoms with Gasteiger partial charge in [0.15, 0.2) is 10.6 Å². The molecule has 0 aliphatic heterocycles. The highest BCUT2D eigenvalue weighted by molar-refractivity contribution is 7.71. The van der Waals surface area contributed by atoms with Crippen LogP contribution in [0.3, 0.4) is 0 Å². The summed E-state index contributed by atoms with van der Waals surface area (Å²) in [6.45, 7) is -0.195. The number of aliphatic carboxylic acids is 1. The molecule has 16 heavy (non-hydrogen) atoms. The van der Waals surface area contributed by atoms with Gasteiger partial charge in [-0.15, -0.1) is 0 Å². The first-order valence-electron chi connectivity index (χ1n) is 4.61. The molecule has 1 aromatic heterocycles. The number of hydrogen-bond acceptors (Lipinski definition) is 3. The first-order chi connectivity index (χ1) is 7.68. The quantitative estimate of drug-likeness (QED) is 0.794. The maximum Gasteiger partial charge on any atom is 0.323 e. The highest BCUT2D eigenvalue weighted by atomic mass is 32.1. The summed E-state index contributed by atoms with van der Waals surface area (Å²) in [5.74, 6) is -0.414. The van der Waals surface area contributed by atoms with Crippen molar-refractivity contribution in [3.8, 4) is 11.4 Å². The number of benzene rings is 1. The number of carboxylic acids is 1. The van der Waals surface area contributed by atoms with Crippen molar-refractivity contribution in [3.63, 3.8) is 0 Å². The molecule has 2 aromatic rings. The van der Waals surface area contributed by atoms with Crippen molar-refractivity contribution in [3.05, 3.63) is 35.1 Å². The second-order valence-corrected chi connectivity index (χ2v) is 3.58. The van der Waals surface area contributed by atoms with Crippen molar-refractivity contribution in [1.29, 1.82) is 0 Å². The van der Waals surface area contributed by atoms with E-state index in [1.165, 1.54) is 4.57 Å². The number of aromatic amines is 1. The van der Waals surface area contributed by atoms with Gasteiger partial charge in [-0.2, -0.15) is 5.10 Å². The van der Waals surface area contributed by atoms with Crippen molar-refractivity contribution in [2.75, 3.05) is 0 Å². The third kappa shape index (κ3) is 2.01. The molecular formula is C10H9N3O2S. The Bertz CT molecular complexity index is 559. The first kappa shape index (κ1) is 10.6. The van der Waals surface area contributed by atoms with E-state index in [-0.39, 0.29) is 6.54 Å². The van der Waals surface area contributed by atoms with E-state index in [0.717, 1.165) is 5.56 Å². The van der Waals surface area contributed by atoms with Gasteiger partial charge in [0.2, 0.25) is 0 Å². The van der Waals surface area contributed by atoms with Crippen molar-refractivity contribution in [2.24, 2.45) is 0 Å². The second-order valence-electron chi connectivity index (χ2n) is 3.20. The van der Waals surface area contributed by atoms with Crippen LogP contribution in [0.15, 0.2) is 30.3 Å². The molecule has 2 rings (SSSR count). The van der Waals surface area contributed by atoms with Gasteiger partial charge in [0, 0.05) is 5.56 Å². The number of rotatable bonds is 3. The minimum Gasteiger partial charge on any atom is -0.480 e. The minimum absolute atomic E-state index is 0.195. The fourth-order valence-corrected chi connectivity index (χ4v) is 1.60. The average molecular weight is 235 g/mol. The first-order valence-corrected chi connectivity index (χ1v) is 5.01. The molecule has 0 radical (unpaired) electrons. The molecule has 2 N–H and O–H groups in total. The molecule has 0 amide bonds. The Morgan fingerprint density at radius 1 is 1.44 bits per heavy atom. The predicted molar refractivity (Wildman–Crippen MR) is 60.5 cm³/mol.